The highest BCUT2D eigenvalue weighted by atomic mass is 32.2. The molecule has 2 saturated heterocycles. The molecule has 0 radical (unpaired) electrons. The van der Waals surface area contributed by atoms with Crippen LogP contribution in [0.2, 0.25) is 0 Å². The Bertz CT molecular complexity index is 1480. The summed E-state index contributed by atoms with van der Waals surface area (Å²) in [5.74, 6) is 1.47. The summed E-state index contributed by atoms with van der Waals surface area (Å²) in [5, 5.41) is 0. The third-order valence-electron chi connectivity index (χ3n) is 10.2. The molecule has 0 N–H and O–H groups in total. The highest BCUT2D eigenvalue weighted by molar-refractivity contribution is 7.88. The lowest BCUT2D eigenvalue weighted by Crippen LogP contribution is -2.47. The van der Waals surface area contributed by atoms with E-state index in [2.05, 4.69) is 14.9 Å². The predicted octanol–water partition coefficient (Wildman–Crippen LogP) is 3.57. The van der Waals surface area contributed by atoms with Crippen molar-refractivity contribution >= 4 is 21.7 Å². The Labute approximate surface area is 251 Å². The van der Waals surface area contributed by atoms with Gasteiger partial charge in [0.25, 0.3) is 5.91 Å². The fourth-order valence-corrected chi connectivity index (χ4v) is 8.36. The van der Waals surface area contributed by atoms with Gasteiger partial charge in [-0.3, -0.25) is 9.69 Å². The van der Waals surface area contributed by atoms with Gasteiger partial charge in [0, 0.05) is 64.0 Å². The molecule has 0 spiro atoms. The molecule has 1 amide bonds. The van der Waals surface area contributed by atoms with Gasteiger partial charge in [-0.2, -0.15) is 13.2 Å². The van der Waals surface area contributed by atoms with Crippen molar-refractivity contribution in [2.45, 2.75) is 63.8 Å². The lowest BCUT2D eigenvalue weighted by Gasteiger charge is -2.37. The number of fused-ring (bicyclic) bond motifs is 2. The molecule has 1 saturated carbocycles. The zero-order valence-corrected chi connectivity index (χ0v) is 25.7. The summed E-state index contributed by atoms with van der Waals surface area (Å²) in [6.07, 6.45) is 2.41. The quantitative estimate of drug-likeness (QED) is 0.505. The maximum atomic E-state index is 13.6. The van der Waals surface area contributed by atoms with Crippen LogP contribution in [0, 0.1) is 18.8 Å². The summed E-state index contributed by atoms with van der Waals surface area (Å²) in [4.78, 5) is 28.7. The summed E-state index contributed by atoms with van der Waals surface area (Å²) >= 11 is 0. The van der Waals surface area contributed by atoms with Crippen molar-refractivity contribution in [3.8, 4) is 0 Å². The van der Waals surface area contributed by atoms with E-state index in [4.69, 9.17) is 0 Å². The molecule has 43 heavy (non-hydrogen) atoms. The van der Waals surface area contributed by atoms with Gasteiger partial charge in [-0.15, -0.1) is 0 Å². The number of carbonyl (C=O) groups is 1. The maximum absolute atomic E-state index is 13.6. The molecule has 1 aromatic heterocycles. The van der Waals surface area contributed by atoms with E-state index >= 15 is 0 Å². The third kappa shape index (κ3) is 6.00. The number of anilines is 1. The van der Waals surface area contributed by atoms with E-state index in [9.17, 15) is 26.4 Å². The predicted molar refractivity (Wildman–Crippen MR) is 156 cm³/mol. The second kappa shape index (κ2) is 11.3. The fraction of sp³-hybridized carbons (Fsp3) is 0.633. The number of likely N-dealkylation sites (tertiary alicyclic amines) is 2. The average Bonchev–Trinajstić information content (AvgIpc) is 3.55. The number of sulfonamides is 1. The van der Waals surface area contributed by atoms with Gasteiger partial charge in [0.1, 0.15) is 17.8 Å². The smallest absolute Gasteiger partial charge is 0.352 e. The molecule has 13 heteroatoms. The Morgan fingerprint density at radius 3 is 2.33 bits per heavy atom. The molecule has 234 valence electrons. The molecule has 6 rings (SSSR count). The Balaban J connectivity index is 1.06. The molecule has 3 atom stereocenters. The van der Waals surface area contributed by atoms with Gasteiger partial charge in [-0.1, -0.05) is 6.07 Å². The minimum Gasteiger partial charge on any atom is -0.352 e. The lowest BCUT2D eigenvalue weighted by molar-refractivity contribution is -0.137. The number of nitrogens with zero attached hydrogens (tertiary/aromatic N) is 6. The summed E-state index contributed by atoms with van der Waals surface area (Å²) in [5.41, 5.74) is 1.85. The van der Waals surface area contributed by atoms with E-state index in [1.165, 1.54) is 23.0 Å². The topological polar surface area (TPSA) is 90.0 Å². The van der Waals surface area contributed by atoms with E-state index in [-0.39, 0.29) is 11.9 Å². The largest absolute Gasteiger partial charge is 0.416 e. The second-order valence-electron chi connectivity index (χ2n) is 12.7. The van der Waals surface area contributed by atoms with Gasteiger partial charge in [-0.25, -0.2) is 22.7 Å². The van der Waals surface area contributed by atoms with E-state index < -0.39 is 21.8 Å². The van der Waals surface area contributed by atoms with E-state index in [0.717, 1.165) is 50.4 Å². The molecule has 2 aromatic rings. The van der Waals surface area contributed by atoms with Gasteiger partial charge >= 0.3 is 6.18 Å². The number of alkyl halides is 3. The number of hydrogen-bond acceptors (Lipinski definition) is 7. The zero-order valence-electron chi connectivity index (χ0n) is 24.8. The maximum Gasteiger partial charge on any atom is 0.416 e. The highest BCUT2D eigenvalue weighted by Crippen LogP contribution is 2.42. The number of aromatic nitrogens is 2. The van der Waals surface area contributed by atoms with Gasteiger partial charge < -0.3 is 9.80 Å². The highest BCUT2D eigenvalue weighted by Gasteiger charge is 2.45. The number of rotatable bonds is 5. The van der Waals surface area contributed by atoms with Crippen molar-refractivity contribution in [3.63, 3.8) is 0 Å². The van der Waals surface area contributed by atoms with Crippen molar-refractivity contribution in [2.24, 2.45) is 11.8 Å². The Kier molecular flexibility index (Phi) is 7.95. The Morgan fingerprint density at radius 2 is 1.70 bits per heavy atom. The van der Waals surface area contributed by atoms with E-state index in [1.54, 1.807) is 13.1 Å². The van der Waals surface area contributed by atoms with Crippen LogP contribution >= 0.6 is 0 Å². The summed E-state index contributed by atoms with van der Waals surface area (Å²) in [7, 11) is -1.50. The van der Waals surface area contributed by atoms with Gasteiger partial charge in [0.15, 0.2) is 0 Å². The first-order valence-corrected chi connectivity index (χ1v) is 16.9. The Hall–Kier alpha value is -2.77. The molecular weight excluding hydrogens is 581 g/mol. The van der Waals surface area contributed by atoms with Crippen molar-refractivity contribution in [1.82, 2.24) is 24.1 Å². The molecule has 4 heterocycles. The number of amides is 1. The normalized spacial score (nSPS) is 25.3. The zero-order chi connectivity index (χ0) is 30.7. The molecule has 3 aliphatic heterocycles. The first kappa shape index (κ1) is 30.3. The van der Waals surface area contributed by atoms with Crippen molar-refractivity contribution in [2.75, 3.05) is 50.9 Å². The number of benzene rings is 1. The fourth-order valence-electron chi connectivity index (χ4n) is 7.64. The van der Waals surface area contributed by atoms with Crippen LogP contribution in [0.1, 0.15) is 58.4 Å². The second-order valence-corrected chi connectivity index (χ2v) is 14.8. The van der Waals surface area contributed by atoms with Gasteiger partial charge in [-0.05, 0) is 74.1 Å². The van der Waals surface area contributed by atoms with E-state index in [0.29, 0.717) is 73.1 Å². The van der Waals surface area contributed by atoms with Crippen LogP contribution in [0.4, 0.5) is 19.0 Å². The molecular formula is C30H39F3N6O3S. The first-order chi connectivity index (χ1) is 20.3. The minimum absolute atomic E-state index is 0.0876. The van der Waals surface area contributed by atoms with Crippen LogP contribution in [0.15, 0.2) is 24.5 Å². The lowest BCUT2D eigenvalue weighted by atomic mass is 9.96. The molecule has 1 aromatic carbocycles. The minimum atomic E-state index is -4.40. The number of carbonyl (C=O) groups excluding carboxylic acids is 1. The summed E-state index contributed by atoms with van der Waals surface area (Å²) < 4.78 is 65.4. The Morgan fingerprint density at radius 1 is 1.02 bits per heavy atom. The van der Waals surface area contributed by atoms with Crippen LogP contribution in [-0.4, -0.2) is 96.5 Å². The number of halogens is 3. The van der Waals surface area contributed by atoms with Crippen molar-refractivity contribution < 1.29 is 26.4 Å². The molecule has 3 fully saturated rings. The molecule has 1 aliphatic carbocycles. The van der Waals surface area contributed by atoms with Crippen LogP contribution in [0.5, 0.6) is 0 Å². The first-order valence-electron chi connectivity index (χ1n) is 15.0. The van der Waals surface area contributed by atoms with Gasteiger partial charge in [0.05, 0.1) is 11.8 Å². The van der Waals surface area contributed by atoms with Crippen LogP contribution in [0.3, 0.4) is 0 Å². The number of hydrogen-bond donors (Lipinski definition) is 0. The number of piperidine rings is 1. The van der Waals surface area contributed by atoms with Crippen molar-refractivity contribution in [3.05, 3.63) is 52.5 Å². The monoisotopic (exact) mass is 620 g/mol. The SMILES string of the molecule is Cc1c(C(=O)N2CCC(N3C[C@H]4C[C@@H](N(C)S(C)(=O)=O)C[C@H]4C3)CC2)ncnc1N1CCc2ccc(C(F)(F)F)cc2C1. The van der Waals surface area contributed by atoms with Crippen LogP contribution in [-0.2, 0) is 29.2 Å². The standard InChI is InChI=1S/C30H39F3N6O3S/c1-19-27(34-18-35-28(19)38-9-6-20-4-5-24(30(31,32)33)12-21(20)15-38)29(40)37-10-7-25(8-11-37)39-16-22-13-26(14-23(22)17-39)36(2)43(3,41)42/h4-5,12,18,22-23,25-26H,6-11,13-17H2,1-3H3/t22-,23+,26-. The third-order valence-corrected chi connectivity index (χ3v) is 11.5. The van der Waals surface area contributed by atoms with Crippen molar-refractivity contribution in [1.29, 1.82) is 0 Å². The van der Waals surface area contributed by atoms with Gasteiger partial charge in [0.2, 0.25) is 10.0 Å². The molecule has 0 unspecified atom stereocenters. The van der Waals surface area contributed by atoms with Crippen LogP contribution in [0.25, 0.3) is 0 Å². The summed E-state index contributed by atoms with van der Waals surface area (Å²) in [6.45, 7) is 5.92. The average molecular weight is 621 g/mol. The molecule has 4 aliphatic rings. The van der Waals surface area contributed by atoms with Crippen LogP contribution < -0.4 is 4.90 Å². The van der Waals surface area contributed by atoms with E-state index in [1.807, 2.05) is 16.7 Å². The molecule has 9 nitrogen and oxygen atoms in total. The summed E-state index contributed by atoms with van der Waals surface area (Å²) in [6, 6.07) is 4.40. The molecule has 0 bridgehead atoms.